The van der Waals surface area contributed by atoms with Crippen molar-refractivity contribution in [2.24, 2.45) is 23.7 Å². The molecule has 2 aliphatic carbocycles. The number of para-hydroxylation sites is 2. The van der Waals surface area contributed by atoms with Crippen LogP contribution >= 0.6 is 0 Å². The summed E-state index contributed by atoms with van der Waals surface area (Å²) in [5.41, 5.74) is 0.476. The van der Waals surface area contributed by atoms with Crippen molar-refractivity contribution in [1.82, 2.24) is 4.90 Å². The standard InChI is InChI=1S/C21H24N2O6/c1-2-28-15-6-4-3-5-14(15)22-16(24)11-29-17(25)10-23-20(26)18-12-7-8-13(9-12)19(18)21(23)27/h3-6,12-13,18-19H,2,7-11H2,1H3,(H,22,24)/t12-,13-,18-,19-/m0/s1. The van der Waals surface area contributed by atoms with Crippen LogP contribution in [-0.4, -0.2) is 48.3 Å². The van der Waals surface area contributed by atoms with Gasteiger partial charge in [0.1, 0.15) is 12.3 Å². The fraction of sp³-hybridized carbons (Fsp3) is 0.524. The number of imide groups is 1. The Balaban J connectivity index is 1.29. The van der Waals surface area contributed by atoms with E-state index in [1.807, 2.05) is 6.92 Å². The number of esters is 1. The average Bonchev–Trinajstić information content (AvgIpc) is 3.38. The van der Waals surface area contributed by atoms with Gasteiger partial charge in [-0.2, -0.15) is 0 Å². The third-order valence-corrected chi connectivity index (χ3v) is 6.13. The maximum atomic E-state index is 12.6. The van der Waals surface area contributed by atoms with Crippen molar-refractivity contribution in [2.45, 2.75) is 26.2 Å². The second-order valence-corrected chi connectivity index (χ2v) is 7.79. The SMILES string of the molecule is CCOc1ccccc1NC(=O)COC(=O)CN1C(=O)[C@H]2[C@H]3CC[C@@H](C3)[C@@H]2C1=O. The largest absolute Gasteiger partial charge is 0.492 e. The second-order valence-electron chi connectivity index (χ2n) is 7.79. The van der Waals surface area contributed by atoms with Crippen molar-refractivity contribution in [2.75, 3.05) is 25.1 Å². The van der Waals surface area contributed by atoms with Gasteiger partial charge in [-0.25, -0.2) is 0 Å². The molecule has 3 aliphatic rings. The molecule has 0 unspecified atom stereocenters. The summed E-state index contributed by atoms with van der Waals surface area (Å²) in [6.45, 7) is 1.34. The molecule has 0 spiro atoms. The van der Waals surface area contributed by atoms with Gasteiger partial charge < -0.3 is 14.8 Å². The van der Waals surface area contributed by atoms with E-state index in [2.05, 4.69) is 5.32 Å². The van der Waals surface area contributed by atoms with Gasteiger partial charge in [0.2, 0.25) is 11.8 Å². The molecule has 1 saturated heterocycles. The average molecular weight is 400 g/mol. The topological polar surface area (TPSA) is 102 Å². The van der Waals surface area contributed by atoms with Crippen LogP contribution in [0.2, 0.25) is 0 Å². The lowest BCUT2D eigenvalue weighted by atomic mass is 9.81. The molecule has 4 rings (SSSR count). The Morgan fingerprint density at radius 1 is 1.10 bits per heavy atom. The summed E-state index contributed by atoms with van der Waals surface area (Å²) >= 11 is 0. The van der Waals surface area contributed by atoms with Crippen molar-refractivity contribution in [3.05, 3.63) is 24.3 Å². The predicted molar refractivity (Wildman–Crippen MR) is 102 cm³/mol. The summed E-state index contributed by atoms with van der Waals surface area (Å²) in [5.74, 6) is -1.33. The van der Waals surface area contributed by atoms with Crippen molar-refractivity contribution < 1.29 is 28.7 Å². The van der Waals surface area contributed by atoms with Gasteiger partial charge in [0.25, 0.3) is 5.91 Å². The number of nitrogens with one attached hydrogen (secondary N) is 1. The van der Waals surface area contributed by atoms with Crippen molar-refractivity contribution in [3.8, 4) is 5.75 Å². The first kappa shape index (κ1) is 19.4. The molecular weight excluding hydrogens is 376 g/mol. The number of nitrogens with zero attached hydrogens (tertiary/aromatic N) is 1. The van der Waals surface area contributed by atoms with E-state index >= 15 is 0 Å². The van der Waals surface area contributed by atoms with Crippen LogP contribution in [0.3, 0.4) is 0 Å². The van der Waals surface area contributed by atoms with E-state index in [0.717, 1.165) is 24.2 Å². The molecule has 3 fully saturated rings. The molecule has 1 aliphatic heterocycles. The van der Waals surface area contributed by atoms with Crippen molar-refractivity contribution in [3.63, 3.8) is 0 Å². The Kier molecular flexibility index (Phi) is 5.25. The van der Waals surface area contributed by atoms with Gasteiger partial charge in [0, 0.05) is 0 Å². The lowest BCUT2D eigenvalue weighted by Crippen LogP contribution is -2.38. The maximum absolute atomic E-state index is 12.6. The highest BCUT2D eigenvalue weighted by Gasteiger charge is 2.61. The number of benzene rings is 1. The minimum Gasteiger partial charge on any atom is -0.492 e. The van der Waals surface area contributed by atoms with Crippen LogP contribution in [0.1, 0.15) is 26.2 Å². The third-order valence-electron chi connectivity index (χ3n) is 6.13. The van der Waals surface area contributed by atoms with Crippen LogP contribution in [0, 0.1) is 23.7 Å². The third kappa shape index (κ3) is 3.59. The fourth-order valence-corrected chi connectivity index (χ4v) is 4.98. The summed E-state index contributed by atoms with van der Waals surface area (Å²) in [6.07, 6.45) is 2.90. The number of fused-ring (bicyclic) bond motifs is 5. The number of hydrogen-bond donors (Lipinski definition) is 1. The normalized spacial score (nSPS) is 27.1. The van der Waals surface area contributed by atoms with Gasteiger partial charge in [0.15, 0.2) is 6.61 Å². The Labute approximate surface area is 168 Å². The molecule has 8 heteroatoms. The summed E-state index contributed by atoms with van der Waals surface area (Å²) in [7, 11) is 0. The van der Waals surface area contributed by atoms with E-state index in [9.17, 15) is 19.2 Å². The maximum Gasteiger partial charge on any atom is 0.326 e. The van der Waals surface area contributed by atoms with Crippen molar-refractivity contribution >= 4 is 29.4 Å². The highest BCUT2D eigenvalue weighted by atomic mass is 16.5. The minimum atomic E-state index is -0.771. The van der Waals surface area contributed by atoms with E-state index in [-0.39, 0.29) is 35.5 Å². The first-order valence-electron chi connectivity index (χ1n) is 10.0. The molecule has 0 radical (unpaired) electrons. The molecule has 3 amide bonds. The van der Waals surface area contributed by atoms with Gasteiger partial charge in [-0.05, 0) is 50.2 Å². The lowest BCUT2D eigenvalue weighted by Gasteiger charge is -2.19. The monoisotopic (exact) mass is 400 g/mol. The van der Waals surface area contributed by atoms with Crippen LogP contribution < -0.4 is 10.1 Å². The Bertz CT molecular complexity index is 825. The van der Waals surface area contributed by atoms with Crippen LogP contribution in [0.5, 0.6) is 5.75 Å². The number of carbonyl (C=O) groups is 4. The quantitative estimate of drug-likeness (QED) is 0.551. The summed E-state index contributed by atoms with van der Waals surface area (Å²) in [4.78, 5) is 50.5. The van der Waals surface area contributed by atoms with Gasteiger partial charge in [0.05, 0.1) is 24.1 Å². The molecule has 29 heavy (non-hydrogen) atoms. The molecule has 1 aromatic carbocycles. The lowest BCUT2D eigenvalue weighted by molar-refractivity contribution is -0.154. The summed E-state index contributed by atoms with van der Waals surface area (Å²) in [5, 5.41) is 2.63. The highest BCUT2D eigenvalue weighted by molar-refractivity contribution is 6.08. The molecule has 8 nitrogen and oxygen atoms in total. The number of hydrogen-bond acceptors (Lipinski definition) is 6. The molecule has 4 atom stereocenters. The van der Waals surface area contributed by atoms with Crippen LogP contribution in [-0.2, 0) is 23.9 Å². The zero-order valence-electron chi connectivity index (χ0n) is 16.3. The summed E-state index contributed by atoms with van der Waals surface area (Å²) in [6, 6.07) is 6.93. The van der Waals surface area contributed by atoms with E-state index < -0.39 is 25.0 Å². The van der Waals surface area contributed by atoms with Gasteiger partial charge >= 0.3 is 5.97 Å². The zero-order chi connectivity index (χ0) is 20.5. The number of amides is 3. The van der Waals surface area contributed by atoms with E-state index in [1.54, 1.807) is 24.3 Å². The first-order chi connectivity index (χ1) is 14.0. The molecule has 1 N–H and O–H groups in total. The van der Waals surface area contributed by atoms with E-state index in [1.165, 1.54) is 0 Å². The molecule has 1 heterocycles. The van der Waals surface area contributed by atoms with Crippen LogP contribution in [0.15, 0.2) is 24.3 Å². The van der Waals surface area contributed by atoms with E-state index in [4.69, 9.17) is 9.47 Å². The first-order valence-corrected chi connectivity index (χ1v) is 10.0. The molecule has 2 saturated carbocycles. The number of anilines is 1. The second kappa shape index (κ2) is 7.85. The Morgan fingerprint density at radius 2 is 1.76 bits per heavy atom. The molecule has 2 bridgehead atoms. The highest BCUT2D eigenvalue weighted by Crippen LogP contribution is 2.56. The molecule has 154 valence electrons. The fourth-order valence-electron chi connectivity index (χ4n) is 4.98. The molecule has 1 aromatic rings. The number of likely N-dealkylation sites (tertiary alicyclic amines) is 1. The number of ether oxygens (including phenoxy) is 2. The number of carbonyl (C=O) groups excluding carboxylic acids is 4. The molecular formula is C21H24N2O6. The smallest absolute Gasteiger partial charge is 0.326 e. The van der Waals surface area contributed by atoms with Crippen molar-refractivity contribution in [1.29, 1.82) is 0 Å². The predicted octanol–water partition coefficient (Wildman–Crippen LogP) is 1.60. The van der Waals surface area contributed by atoms with Gasteiger partial charge in [-0.15, -0.1) is 0 Å². The van der Waals surface area contributed by atoms with Gasteiger partial charge in [-0.1, -0.05) is 12.1 Å². The molecule has 0 aromatic heterocycles. The Hall–Kier alpha value is -2.90. The summed E-state index contributed by atoms with van der Waals surface area (Å²) < 4.78 is 10.4. The minimum absolute atomic E-state index is 0.263. The Morgan fingerprint density at radius 3 is 2.41 bits per heavy atom. The van der Waals surface area contributed by atoms with Crippen LogP contribution in [0.4, 0.5) is 5.69 Å². The van der Waals surface area contributed by atoms with Gasteiger partial charge in [-0.3, -0.25) is 24.1 Å². The van der Waals surface area contributed by atoms with Crippen LogP contribution in [0.25, 0.3) is 0 Å². The number of rotatable bonds is 7. The zero-order valence-corrected chi connectivity index (χ0v) is 16.3. The van der Waals surface area contributed by atoms with E-state index in [0.29, 0.717) is 18.0 Å².